The van der Waals surface area contributed by atoms with Gasteiger partial charge in [-0.25, -0.2) is 0 Å². The second-order valence-corrected chi connectivity index (χ2v) is 5.88. The number of hydrogen-bond acceptors (Lipinski definition) is 4. The van der Waals surface area contributed by atoms with Crippen molar-refractivity contribution in [2.24, 2.45) is 0 Å². The van der Waals surface area contributed by atoms with Crippen LogP contribution in [0.5, 0.6) is 0 Å². The molecule has 0 bridgehead atoms. The van der Waals surface area contributed by atoms with E-state index < -0.39 is 0 Å². The highest BCUT2D eigenvalue weighted by Crippen LogP contribution is 2.33. The summed E-state index contributed by atoms with van der Waals surface area (Å²) in [6.07, 6.45) is 5.46. The lowest BCUT2D eigenvalue weighted by Crippen LogP contribution is -2.30. The smallest absolute Gasteiger partial charge is 0.292 e. The molecule has 0 saturated carbocycles. The first-order chi connectivity index (χ1) is 11.8. The third-order valence-electron chi connectivity index (χ3n) is 4.40. The van der Waals surface area contributed by atoms with Crippen LogP contribution >= 0.6 is 0 Å². The Bertz CT molecular complexity index is 830. The number of aromatic nitrogens is 2. The van der Waals surface area contributed by atoms with E-state index in [-0.39, 0.29) is 17.7 Å². The van der Waals surface area contributed by atoms with E-state index >= 15 is 0 Å². The summed E-state index contributed by atoms with van der Waals surface area (Å²) in [6.45, 7) is 0.729. The average Bonchev–Trinajstić information content (AvgIpc) is 3.32. The van der Waals surface area contributed by atoms with E-state index in [1.54, 1.807) is 18.5 Å². The number of pyridine rings is 1. The van der Waals surface area contributed by atoms with Crippen molar-refractivity contribution in [3.63, 3.8) is 0 Å². The highest BCUT2D eigenvalue weighted by Gasteiger charge is 2.32. The van der Waals surface area contributed by atoms with Gasteiger partial charge in [-0.15, -0.1) is 0 Å². The van der Waals surface area contributed by atoms with Gasteiger partial charge in [-0.2, -0.15) is 0 Å². The molecule has 5 nitrogen and oxygen atoms in total. The molecular formula is C19H17N3O2. The number of benzene rings is 1. The number of carbonyl (C=O) groups excluding carboxylic acids is 1. The van der Waals surface area contributed by atoms with E-state index in [9.17, 15) is 4.79 Å². The fourth-order valence-electron chi connectivity index (χ4n) is 3.20. The van der Waals surface area contributed by atoms with Crippen molar-refractivity contribution in [2.45, 2.75) is 18.9 Å². The highest BCUT2D eigenvalue weighted by atomic mass is 16.5. The van der Waals surface area contributed by atoms with Crippen molar-refractivity contribution < 1.29 is 9.32 Å². The number of amides is 1. The molecule has 0 radical (unpaired) electrons. The number of nitrogens with zero attached hydrogens (tertiary/aromatic N) is 3. The molecule has 1 aliphatic heterocycles. The Kier molecular flexibility index (Phi) is 3.83. The van der Waals surface area contributed by atoms with E-state index in [0.717, 1.165) is 30.5 Å². The molecule has 0 spiro atoms. The first-order valence-electron chi connectivity index (χ1n) is 8.06. The molecule has 5 heteroatoms. The molecule has 1 atom stereocenters. The Labute approximate surface area is 139 Å². The number of carbonyl (C=O) groups is 1. The lowest BCUT2D eigenvalue weighted by Gasteiger charge is -2.23. The minimum atomic E-state index is -0.107. The summed E-state index contributed by atoms with van der Waals surface area (Å²) in [5, 5.41) is 4.04. The molecule has 0 aliphatic carbocycles. The molecule has 0 N–H and O–H groups in total. The van der Waals surface area contributed by atoms with Crippen LogP contribution in [0.2, 0.25) is 0 Å². The molecule has 0 unspecified atom stereocenters. The van der Waals surface area contributed by atoms with Crippen LogP contribution in [0.4, 0.5) is 0 Å². The SMILES string of the molecule is O=C(c1cc(-c2ccccc2)no1)N1CCC[C@@H]1c1ccncc1. The lowest BCUT2D eigenvalue weighted by molar-refractivity contribution is 0.0693. The van der Waals surface area contributed by atoms with Gasteiger partial charge in [0.05, 0.1) is 6.04 Å². The molecule has 120 valence electrons. The van der Waals surface area contributed by atoms with Crippen LogP contribution in [0, 0.1) is 0 Å². The van der Waals surface area contributed by atoms with Gasteiger partial charge < -0.3 is 9.42 Å². The maximum atomic E-state index is 12.9. The van der Waals surface area contributed by atoms with E-state index in [4.69, 9.17) is 4.52 Å². The number of rotatable bonds is 3. The zero-order valence-electron chi connectivity index (χ0n) is 13.1. The van der Waals surface area contributed by atoms with Gasteiger partial charge in [0.2, 0.25) is 5.76 Å². The van der Waals surface area contributed by atoms with Crippen LogP contribution in [0.1, 0.15) is 35.0 Å². The summed E-state index contributed by atoms with van der Waals surface area (Å²) in [7, 11) is 0. The normalized spacial score (nSPS) is 17.2. The Morgan fingerprint density at radius 1 is 1.12 bits per heavy atom. The summed E-state index contributed by atoms with van der Waals surface area (Å²) in [5.74, 6) is 0.179. The molecule has 1 saturated heterocycles. The quantitative estimate of drug-likeness (QED) is 0.738. The molecule has 2 aromatic heterocycles. The number of hydrogen-bond donors (Lipinski definition) is 0. The van der Waals surface area contributed by atoms with Gasteiger partial charge >= 0.3 is 0 Å². The monoisotopic (exact) mass is 319 g/mol. The van der Waals surface area contributed by atoms with Crippen molar-refractivity contribution in [3.05, 3.63) is 72.2 Å². The molecular weight excluding hydrogens is 302 g/mol. The van der Waals surface area contributed by atoms with Crippen LogP contribution < -0.4 is 0 Å². The van der Waals surface area contributed by atoms with Crippen LogP contribution in [0.25, 0.3) is 11.3 Å². The summed E-state index contributed by atoms with van der Waals surface area (Å²) in [6, 6.07) is 15.4. The van der Waals surface area contributed by atoms with E-state index in [1.807, 2.05) is 47.4 Å². The highest BCUT2D eigenvalue weighted by molar-refractivity contribution is 5.93. The van der Waals surface area contributed by atoms with Gasteiger partial charge in [0, 0.05) is 30.6 Å². The molecule has 24 heavy (non-hydrogen) atoms. The van der Waals surface area contributed by atoms with Crippen LogP contribution in [-0.2, 0) is 0 Å². The summed E-state index contributed by atoms with van der Waals surface area (Å²) >= 11 is 0. The largest absolute Gasteiger partial charge is 0.350 e. The molecule has 1 aliphatic rings. The van der Waals surface area contributed by atoms with Crippen molar-refractivity contribution in [2.75, 3.05) is 6.54 Å². The average molecular weight is 319 g/mol. The standard InChI is InChI=1S/C19H17N3O2/c23-19(18-13-16(21-24-18)14-5-2-1-3-6-14)22-12-4-7-17(22)15-8-10-20-11-9-15/h1-3,5-6,8-11,13,17H,4,7,12H2/t17-/m1/s1. The maximum Gasteiger partial charge on any atom is 0.292 e. The Morgan fingerprint density at radius 2 is 1.92 bits per heavy atom. The van der Waals surface area contributed by atoms with Gasteiger partial charge in [-0.05, 0) is 30.5 Å². The first-order valence-corrected chi connectivity index (χ1v) is 8.06. The van der Waals surface area contributed by atoms with Crippen LogP contribution in [0.15, 0.2) is 65.4 Å². The second kappa shape index (κ2) is 6.28. The Balaban J connectivity index is 1.58. The third kappa shape index (κ3) is 2.69. The van der Waals surface area contributed by atoms with Gasteiger partial charge in [0.1, 0.15) is 5.69 Å². The van der Waals surface area contributed by atoms with Gasteiger partial charge in [-0.1, -0.05) is 35.5 Å². The van der Waals surface area contributed by atoms with Crippen molar-refractivity contribution in [1.29, 1.82) is 0 Å². The third-order valence-corrected chi connectivity index (χ3v) is 4.40. The van der Waals surface area contributed by atoms with Gasteiger partial charge in [-0.3, -0.25) is 9.78 Å². The molecule has 1 amide bonds. The zero-order valence-corrected chi connectivity index (χ0v) is 13.1. The van der Waals surface area contributed by atoms with Crippen molar-refractivity contribution >= 4 is 5.91 Å². The first kappa shape index (κ1) is 14.6. The zero-order chi connectivity index (χ0) is 16.4. The fraction of sp³-hybridized carbons (Fsp3) is 0.211. The second-order valence-electron chi connectivity index (χ2n) is 5.88. The van der Waals surface area contributed by atoms with E-state index in [1.165, 1.54) is 0 Å². The topological polar surface area (TPSA) is 59.2 Å². The molecule has 3 heterocycles. The minimum Gasteiger partial charge on any atom is -0.350 e. The predicted molar refractivity (Wildman–Crippen MR) is 89.2 cm³/mol. The van der Waals surface area contributed by atoms with Gasteiger partial charge in [0.25, 0.3) is 5.91 Å². The van der Waals surface area contributed by atoms with Crippen LogP contribution in [-0.4, -0.2) is 27.5 Å². The summed E-state index contributed by atoms with van der Waals surface area (Å²) in [5.41, 5.74) is 2.73. The fourth-order valence-corrected chi connectivity index (χ4v) is 3.20. The molecule has 3 aromatic rings. The predicted octanol–water partition coefficient (Wildman–Crippen LogP) is 3.71. The molecule has 4 rings (SSSR count). The van der Waals surface area contributed by atoms with Gasteiger partial charge in [0.15, 0.2) is 0 Å². The van der Waals surface area contributed by atoms with Crippen LogP contribution in [0.3, 0.4) is 0 Å². The molecule has 1 fully saturated rings. The summed E-state index contributed by atoms with van der Waals surface area (Å²) < 4.78 is 5.32. The van der Waals surface area contributed by atoms with Crippen molar-refractivity contribution in [3.8, 4) is 11.3 Å². The molecule has 1 aromatic carbocycles. The van der Waals surface area contributed by atoms with E-state index in [0.29, 0.717) is 5.69 Å². The minimum absolute atomic E-state index is 0.0748. The number of likely N-dealkylation sites (tertiary alicyclic amines) is 1. The Hall–Kier alpha value is -2.95. The van der Waals surface area contributed by atoms with Crippen molar-refractivity contribution in [1.82, 2.24) is 15.0 Å². The Morgan fingerprint density at radius 3 is 2.71 bits per heavy atom. The maximum absolute atomic E-state index is 12.9. The lowest BCUT2D eigenvalue weighted by atomic mass is 10.1. The van der Waals surface area contributed by atoms with E-state index in [2.05, 4.69) is 10.1 Å². The summed E-state index contributed by atoms with van der Waals surface area (Å²) in [4.78, 5) is 18.8.